The summed E-state index contributed by atoms with van der Waals surface area (Å²) >= 11 is 0. The molecule has 0 saturated carbocycles. The lowest BCUT2D eigenvalue weighted by molar-refractivity contribution is -0.149. The van der Waals surface area contributed by atoms with Gasteiger partial charge in [-0.2, -0.15) is 0 Å². The summed E-state index contributed by atoms with van der Waals surface area (Å²) in [6.45, 7) is 6.98. The van der Waals surface area contributed by atoms with E-state index in [-0.39, 0.29) is 12.0 Å². The first kappa shape index (κ1) is 10.9. The van der Waals surface area contributed by atoms with Crippen LogP contribution in [0.15, 0.2) is 0 Å². The number of carbonyl (C=O) groups is 1. The molecule has 2 heterocycles. The molecule has 0 aromatic rings. The number of nitrogens with one attached hydrogen (secondary N) is 1. The highest BCUT2D eigenvalue weighted by atomic mass is 16.4. The first-order valence-corrected chi connectivity index (χ1v) is 5.78. The molecule has 0 aromatic heterocycles. The SMILES string of the molecule is CC(C)NC1(C(=O)O)CCN2CCC1C2. The molecule has 4 heteroatoms. The average Bonchev–Trinajstić information content (AvgIpc) is 2.54. The van der Waals surface area contributed by atoms with Crippen LogP contribution < -0.4 is 5.32 Å². The summed E-state index contributed by atoms with van der Waals surface area (Å²) in [6.07, 6.45) is 1.76. The van der Waals surface area contributed by atoms with Crippen LogP contribution >= 0.6 is 0 Å². The van der Waals surface area contributed by atoms with Gasteiger partial charge in [0.2, 0.25) is 0 Å². The summed E-state index contributed by atoms with van der Waals surface area (Å²) in [4.78, 5) is 13.9. The van der Waals surface area contributed by atoms with Crippen molar-refractivity contribution in [3.8, 4) is 0 Å². The van der Waals surface area contributed by atoms with Gasteiger partial charge in [-0.05, 0) is 33.2 Å². The van der Waals surface area contributed by atoms with E-state index in [0.717, 1.165) is 32.5 Å². The van der Waals surface area contributed by atoms with E-state index in [0.29, 0.717) is 0 Å². The van der Waals surface area contributed by atoms with Crippen molar-refractivity contribution in [3.05, 3.63) is 0 Å². The van der Waals surface area contributed by atoms with Crippen LogP contribution in [0.25, 0.3) is 0 Å². The van der Waals surface area contributed by atoms with Gasteiger partial charge in [-0.3, -0.25) is 10.1 Å². The first-order chi connectivity index (χ1) is 7.04. The van der Waals surface area contributed by atoms with Gasteiger partial charge in [0.25, 0.3) is 0 Å². The Labute approximate surface area is 90.6 Å². The number of aliphatic carboxylic acids is 1. The number of hydrogen-bond donors (Lipinski definition) is 2. The molecule has 4 nitrogen and oxygen atoms in total. The zero-order valence-electron chi connectivity index (χ0n) is 9.49. The van der Waals surface area contributed by atoms with Crippen LogP contribution in [0.3, 0.4) is 0 Å². The second-order valence-electron chi connectivity index (χ2n) is 5.11. The molecule has 0 amide bonds. The van der Waals surface area contributed by atoms with Crippen molar-refractivity contribution in [1.29, 1.82) is 0 Å². The number of carboxylic acids is 1. The summed E-state index contributed by atoms with van der Waals surface area (Å²) in [5.41, 5.74) is -0.666. The maximum absolute atomic E-state index is 11.5. The lowest BCUT2D eigenvalue weighted by Crippen LogP contribution is -2.63. The van der Waals surface area contributed by atoms with Crippen LogP contribution in [-0.4, -0.2) is 47.2 Å². The van der Waals surface area contributed by atoms with Gasteiger partial charge in [-0.15, -0.1) is 0 Å². The van der Waals surface area contributed by atoms with Crippen LogP contribution in [0.5, 0.6) is 0 Å². The van der Waals surface area contributed by atoms with Gasteiger partial charge < -0.3 is 10.0 Å². The van der Waals surface area contributed by atoms with Crippen LogP contribution in [0.4, 0.5) is 0 Å². The van der Waals surface area contributed by atoms with Gasteiger partial charge in [0.15, 0.2) is 0 Å². The zero-order chi connectivity index (χ0) is 11.1. The minimum Gasteiger partial charge on any atom is -0.480 e. The van der Waals surface area contributed by atoms with E-state index >= 15 is 0 Å². The predicted molar refractivity (Wildman–Crippen MR) is 57.8 cm³/mol. The largest absolute Gasteiger partial charge is 0.480 e. The topological polar surface area (TPSA) is 52.6 Å². The minimum absolute atomic E-state index is 0.230. The molecule has 2 aliphatic rings. The van der Waals surface area contributed by atoms with Crippen molar-refractivity contribution in [3.63, 3.8) is 0 Å². The average molecular weight is 212 g/mol. The van der Waals surface area contributed by atoms with E-state index in [1.807, 2.05) is 13.8 Å². The second kappa shape index (κ2) is 3.76. The Bertz CT molecular complexity index is 267. The molecular formula is C11H20N2O2. The first-order valence-electron chi connectivity index (χ1n) is 5.78. The van der Waals surface area contributed by atoms with Crippen molar-refractivity contribution in [2.45, 2.75) is 38.3 Å². The van der Waals surface area contributed by atoms with Crippen molar-refractivity contribution in [1.82, 2.24) is 10.2 Å². The molecule has 2 aliphatic heterocycles. The van der Waals surface area contributed by atoms with Crippen molar-refractivity contribution in [2.75, 3.05) is 19.6 Å². The molecule has 3 unspecified atom stereocenters. The zero-order valence-corrected chi connectivity index (χ0v) is 9.49. The van der Waals surface area contributed by atoms with Gasteiger partial charge in [-0.1, -0.05) is 0 Å². The number of nitrogens with zero attached hydrogens (tertiary/aromatic N) is 1. The monoisotopic (exact) mass is 212 g/mol. The van der Waals surface area contributed by atoms with Gasteiger partial charge in [0.05, 0.1) is 0 Å². The van der Waals surface area contributed by atoms with Crippen molar-refractivity contribution >= 4 is 5.97 Å². The van der Waals surface area contributed by atoms with E-state index in [1.165, 1.54) is 0 Å². The molecule has 3 atom stereocenters. The molecular weight excluding hydrogens is 192 g/mol. The highest BCUT2D eigenvalue weighted by Crippen LogP contribution is 2.36. The fourth-order valence-electron chi connectivity index (χ4n) is 3.03. The van der Waals surface area contributed by atoms with Gasteiger partial charge in [0.1, 0.15) is 5.54 Å². The van der Waals surface area contributed by atoms with Crippen molar-refractivity contribution in [2.24, 2.45) is 5.92 Å². The maximum Gasteiger partial charge on any atom is 0.324 e. The number of hydrogen-bond acceptors (Lipinski definition) is 3. The van der Waals surface area contributed by atoms with Gasteiger partial charge >= 0.3 is 5.97 Å². The Hall–Kier alpha value is -0.610. The molecule has 0 radical (unpaired) electrons. The number of fused-ring (bicyclic) bond motifs is 2. The lowest BCUT2D eigenvalue weighted by atomic mass is 9.78. The standard InChI is InChI=1S/C11H20N2O2/c1-8(2)12-11(10(14)15)4-6-13-5-3-9(11)7-13/h8-9,12H,3-7H2,1-2H3,(H,14,15). The van der Waals surface area contributed by atoms with Crippen LogP contribution in [0.2, 0.25) is 0 Å². The predicted octanol–water partition coefficient (Wildman–Crippen LogP) is 0.533. The second-order valence-corrected chi connectivity index (χ2v) is 5.11. The van der Waals surface area contributed by atoms with E-state index < -0.39 is 11.5 Å². The third-order valence-electron chi connectivity index (χ3n) is 3.72. The molecule has 2 N–H and O–H groups in total. The van der Waals surface area contributed by atoms with Crippen molar-refractivity contribution < 1.29 is 9.90 Å². The maximum atomic E-state index is 11.5. The molecule has 0 aromatic carbocycles. The van der Waals surface area contributed by atoms with Crippen LogP contribution in [-0.2, 0) is 4.79 Å². The van der Waals surface area contributed by atoms with Gasteiger partial charge in [-0.25, -0.2) is 0 Å². The van der Waals surface area contributed by atoms with E-state index in [2.05, 4.69) is 10.2 Å². The summed E-state index contributed by atoms with van der Waals surface area (Å²) < 4.78 is 0. The Kier molecular flexibility index (Phi) is 2.73. The normalized spacial score (nSPS) is 39.7. The van der Waals surface area contributed by atoms with Crippen LogP contribution in [0.1, 0.15) is 26.7 Å². The fraction of sp³-hybridized carbons (Fsp3) is 0.909. The highest BCUT2D eigenvalue weighted by molar-refractivity contribution is 5.79. The Balaban J connectivity index is 2.21. The van der Waals surface area contributed by atoms with Crippen LogP contribution in [0, 0.1) is 5.92 Å². The molecule has 0 spiro atoms. The summed E-state index contributed by atoms with van der Waals surface area (Å²) in [5.74, 6) is -0.381. The Morgan fingerprint density at radius 1 is 1.53 bits per heavy atom. The molecule has 15 heavy (non-hydrogen) atoms. The Morgan fingerprint density at radius 3 is 2.87 bits per heavy atom. The molecule has 86 valence electrons. The lowest BCUT2D eigenvalue weighted by Gasteiger charge is -2.41. The quantitative estimate of drug-likeness (QED) is 0.716. The minimum atomic E-state index is -0.666. The summed E-state index contributed by atoms with van der Waals surface area (Å²) in [7, 11) is 0. The molecule has 2 bridgehead atoms. The van der Waals surface area contributed by atoms with E-state index in [9.17, 15) is 9.90 Å². The fourth-order valence-corrected chi connectivity index (χ4v) is 3.03. The smallest absolute Gasteiger partial charge is 0.324 e. The van der Waals surface area contributed by atoms with E-state index in [4.69, 9.17) is 0 Å². The highest BCUT2D eigenvalue weighted by Gasteiger charge is 2.51. The van der Waals surface area contributed by atoms with E-state index in [1.54, 1.807) is 0 Å². The molecule has 2 saturated heterocycles. The number of piperidine rings is 1. The third kappa shape index (κ3) is 1.76. The summed E-state index contributed by atoms with van der Waals surface area (Å²) in [6, 6.07) is 0.230. The van der Waals surface area contributed by atoms with Gasteiger partial charge in [0, 0.05) is 25.0 Å². The molecule has 2 rings (SSSR count). The number of rotatable bonds is 3. The summed E-state index contributed by atoms with van der Waals surface area (Å²) in [5, 5.41) is 12.8. The molecule has 0 aliphatic carbocycles. The third-order valence-corrected chi connectivity index (χ3v) is 3.72. The number of carboxylic acid groups (broad SMARTS) is 1. The molecule has 2 fully saturated rings. The Morgan fingerprint density at radius 2 is 2.27 bits per heavy atom.